The van der Waals surface area contributed by atoms with Gasteiger partial charge in [-0.1, -0.05) is 51.1 Å². The number of nitrogens with zero attached hydrogens (tertiary/aromatic N) is 2. The summed E-state index contributed by atoms with van der Waals surface area (Å²) in [5, 5.41) is 22.0. The maximum absolute atomic E-state index is 14.0. The summed E-state index contributed by atoms with van der Waals surface area (Å²) >= 11 is 0. The first-order valence-electron chi connectivity index (χ1n) is 10.6. The fourth-order valence-corrected chi connectivity index (χ4v) is 3.67. The highest BCUT2D eigenvalue weighted by Crippen LogP contribution is 2.29. The van der Waals surface area contributed by atoms with Gasteiger partial charge >= 0.3 is 6.03 Å². The predicted molar refractivity (Wildman–Crippen MR) is 124 cm³/mol. The van der Waals surface area contributed by atoms with Crippen molar-refractivity contribution in [1.82, 2.24) is 15.1 Å². The molecule has 3 N–H and O–H groups in total. The number of allylic oxidation sites excluding steroid dienone is 3. The summed E-state index contributed by atoms with van der Waals surface area (Å²) in [6.07, 6.45) is 4.30. The third-order valence-corrected chi connectivity index (χ3v) is 5.42. The normalized spacial score (nSPS) is 14.2. The Labute approximate surface area is 186 Å². The molecule has 0 saturated heterocycles. The zero-order valence-corrected chi connectivity index (χ0v) is 18.4. The number of hydrogen-bond acceptors (Lipinski definition) is 3. The molecule has 7 heteroatoms. The van der Waals surface area contributed by atoms with Gasteiger partial charge in [-0.2, -0.15) is 5.10 Å². The number of nitrogens with one attached hydrogen (secondary N) is 2. The third-order valence-electron chi connectivity index (χ3n) is 5.42. The van der Waals surface area contributed by atoms with Crippen LogP contribution < -0.4 is 10.6 Å². The topological polar surface area (TPSA) is 79.2 Å². The van der Waals surface area contributed by atoms with Crippen LogP contribution in [0.5, 0.6) is 0 Å². The number of benzene rings is 2. The highest BCUT2D eigenvalue weighted by atomic mass is 19.1. The lowest BCUT2D eigenvalue weighted by Gasteiger charge is -2.15. The van der Waals surface area contributed by atoms with Gasteiger partial charge < -0.3 is 10.4 Å². The number of hydrogen-bond donors (Lipinski definition) is 3. The SMILES string of the molecule is CC(C)(C)c1cc(NC(=O)NC2=C(F)CCC=C2)n(-c2cc(CO)c3ccccc3c2)n1. The van der Waals surface area contributed by atoms with E-state index in [-0.39, 0.29) is 30.0 Å². The largest absolute Gasteiger partial charge is 0.392 e. The minimum Gasteiger partial charge on any atom is -0.392 e. The molecule has 0 radical (unpaired) electrons. The highest BCUT2D eigenvalue weighted by molar-refractivity contribution is 5.91. The van der Waals surface area contributed by atoms with Gasteiger partial charge in [-0.15, -0.1) is 0 Å². The fraction of sp³-hybridized carbons (Fsp3) is 0.280. The number of anilines is 1. The number of rotatable bonds is 4. The number of carbonyl (C=O) groups is 1. The molecule has 4 rings (SSSR count). The summed E-state index contributed by atoms with van der Waals surface area (Å²) < 4.78 is 15.7. The summed E-state index contributed by atoms with van der Waals surface area (Å²) in [6, 6.07) is 12.9. The quantitative estimate of drug-likeness (QED) is 0.510. The van der Waals surface area contributed by atoms with Gasteiger partial charge in [0.25, 0.3) is 0 Å². The minimum absolute atomic E-state index is 0.120. The molecule has 1 aliphatic rings. The number of carbonyl (C=O) groups excluding carboxylic acids is 1. The fourth-order valence-electron chi connectivity index (χ4n) is 3.67. The summed E-state index contributed by atoms with van der Waals surface area (Å²) in [6.45, 7) is 5.99. The number of fused-ring (bicyclic) bond motifs is 1. The number of aliphatic hydroxyl groups is 1. The van der Waals surface area contributed by atoms with Crippen molar-refractivity contribution in [3.63, 3.8) is 0 Å². The van der Waals surface area contributed by atoms with E-state index in [1.807, 2.05) is 69.3 Å². The van der Waals surface area contributed by atoms with E-state index in [4.69, 9.17) is 5.10 Å². The Bertz CT molecular complexity index is 1230. The molecule has 0 saturated carbocycles. The Morgan fingerprint density at radius 3 is 2.69 bits per heavy atom. The van der Waals surface area contributed by atoms with E-state index < -0.39 is 6.03 Å². The molecule has 0 fully saturated rings. The van der Waals surface area contributed by atoms with Crippen molar-refractivity contribution >= 4 is 22.6 Å². The Hall–Kier alpha value is -3.45. The molecule has 0 atom stereocenters. The van der Waals surface area contributed by atoms with E-state index in [0.717, 1.165) is 22.0 Å². The number of aliphatic hydroxyl groups excluding tert-OH is 1. The summed E-state index contributed by atoms with van der Waals surface area (Å²) in [5.74, 6) is 0.112. The maximum Gasteiger partial charge on any atom is 0.324 e. The van der Waals surface area contributed by atoms with Crippen LogP contribution in [0.4, 0.5) is 15.0 Å². The zero-order chi connectivity index (χ0) is 22.9. The van der Waals surface area contributed by atoms with Gasteiger partial charge in [-0.3, -0.25) is 5.32 Å². The van der Waals surface area contributed by atoms with Gasteiger partial charge in [-0.05, 0) is 41.0 Å². The van der Waals surface area contributed by atoms with E-state index >= 15 is 0 Å². The molecule has 1 aliphatic carbocycles. The van der Waals surface area contributed by atoms with Crippen LogP contribution in [0.15, 0.2) is 66.1 Å². The Morgan fingerprint density at radius 2 is 1.97 bits per heavy atom. The second-order valence-electron chi connectivity index (χ2n) is 8.90. The van der Waals surface area contributed by atoms with Crippen molar-refractivity contribution in [3.05, 3.63) is 77.4 Å². The van der Waals surface area contributed by atoms with Gasteiger partial charge in [0.05, 0.1) is 23.7 Å². The van der Waals surface area contributed by atoms with Crippen molar-refractivity contribution in [1.29, 1.82) is 0 Å². The van der Waals surface area contributed by atoms with E-state index in [9.17, 15) is 14.3 Å². The average Bonchev–Trinajstić information content (AvgIpc) is 3.18. The van der Waals surface area contributed by atoms with Gasteiger partial charge in [0.2, 0.25) is 0 Å². The predicted octanol–water partition coefficient (Wildman–Crippen LogP) is 5.47. The van der Waals surface area contributed by atoms with E-state index in [0.29, 0.717) is 17.9 Å². The first-order chi connectivity index (χ1) is 15.3. The molecule has 1 heterocycles. The lowest BCUT2D eigenvalue weighted by atomic mass is 9.92. The monoisotopic (exact) mass is 434 g/mol. The van der Waals surface area contributed by atoms with Crippen molar-refractivity contribution in [2.45, 2.75) is 45.6 Å². The van der Waals surface area contributed by atoms with Gasteiger partial charge in [0.1, 0.15) is 11.6 Å². The smallest absolute Gasteiger partial charge is 0.324 e. The second-order valence-corrected chi connectivity index (χ2v) is 8.90. The molecule has 166 valence electrons. The molecule has 2 aromatic carbocycles. The van der Waals surface area contributed by atoms with Crippen LogP contribution in [0.25, 0.3) is 16.5 Å². The average molecular weight is 435 g/mol. The van der Waals surface area contributed by atoms with Crippen LogP contribution in [-0.2, 0) is 12.0 Å². The number of halogens is 1. The first kappa shape index (κ1) is 21.8. The van der Waals surface area contributed by atoms with Crippen molar-refractivity contribution < 1.29 is 14.3 Å². The molecule has 0 unspecified atom stereocenters. The van der Waals surface area contributed by atoms with Crippen molar-refractivity contribution in [3.8, 4) is 5.69 Å². The van der Waals surface area contributed by atoms with E-state index in [1.54, 1.807) is 10.8 Å². The molecule has 32 heavy (non-hydrogen) atoms. The molecular formula is C25H27FN4O2. The number of amides is 2. The standard InChI is InChI=1S/C25H27FN4O2/c1-25(2,3)22-14-23(28-24(32)27-21-11-7-6-10-20(21)26)30(29-22)18-12-16-8-4-5-9-19(16)17(13-18)15-31/h4-5,7-9,11-14,31H,6,10,15H2,1-3H3,(H2,27,28,32). The van der Waals surface area contributed by atoms with Crippen LogP contribution in [0.3, 0.4) is 0 Å². The molecular weight excluding hydrogens is 407 g/mol. The number of urea groups is 1. The second kappa shape index (κ2) is 8.59. The Balaban J connectivity index is 1.74. The Morgan fingerprint density at radius 1 is 1.19 bits per heavy atom. The summed E-state index contributed by atoms with van der Waals surface area (Å²) in [5.41, 5.74) is 2.18. The first-order valence-corrected chi connectivity index (χ1v) is 10.6. The molecule has 2 amide bonds. The minimum atomic E-state index is -0.550. The van der Waals surface area contributed by atoms with Gasteiger partial charge in [0, 0.05) is 17.9 Å². The van der Waals surface area contributed by atoms with Crippen LogP contribution >= 0.6 is 0 Å². The molecule has 0 spiro atoms. The highest BCUT2D eigenvalue weighted by Gasteiger charge is 2.22. The van der Waals surface area contributed by atoms with Crippen LogP contribution in [0.1, 0.15) is 44.9 Å². The van der Waals surface area contributed by atoms with Crippen LogP contribution in [0.2, 0.25) is 0 Å². The van der Waals surface area contributed by atoms with Gasteiger partial charge in [-0.25, -0.2) is 13.9 Å². The zero-order valence-electron chi connectivity index (χ0n) is 18.4. The Kier molecular flexibility index (Phi) is 5.84. The lowest BCUT2D eigenvalue weighted by molar-refractivity contribution is 0.254. The molecule has 0 bridgehead atoms. The maximum atomic E-state index is 14.0. The molecule has 6 nitrogen and oxygen atoms in total. The van der Waals surface area contributed by atoms with Crippen LogP contribution in [-0.4, -0.2) is 20.9 Å². The van der Waals surface area contributed by atoms with Crippen molar-refractivity contribution in [2.75, 3.05) is 5.32 Å². The van der Waals surface area contributed by atoms with Crippen LogP contribution in [0, 0.1) is 0 Å². The lowest BCUT2D eigenvalue weighted by Crippen LogP contribution is -2.29. The van der Waals surface area contributed by atoms with Crippen molar-refractivity contribution in [2.24, 2.45) is 0 Å². The molecule has 1 aromatic heterocycles. The van der Waals surface area contributed by atoms with E-state index in [1.165, 1.54) is 0 Å². The summed E-state index contributed by atoms with van der Waals surface area (Å²) in [4.78, 5) is 12.7. The van der Waals surface area contributed by atoms with Gasteiger partial charge in [0.15, 0.2) is 0 Å². The third kappa shape index (κ3) is 4.43. The van der Waals surface area contributed by atoms with E-state index in [2.05, 4.69) is 10.6 Å². The summed E-state index contributed by atoms with van der Waals surface area (Å²) in [7, 11) is 0. The molecule has 3 aromatic rings. The molecule has 0 aliphatic heterocycles. The number of aromatic nitrogens is 2.